The average molecular weight is 270 g/mol. The first-order chi connectivity index (χ1) is 9.90. The molecule has 5 heterocycles. The van der Waals surface area contributed by atoms with Gasteiger partial charge in [-0.1, -0.05) is 0 Å². The molecule has 20 heavy (non-hydrogen) atoms. The van der Waals surface area contributed by atoms with Crippen molar-refractivity contribution in [1.82, 2.24) is 14.9 Å². The number of aromatic nitrogens is 2. The van der Waals surface area contributed by atoms with Gasteiger partial charge in [-0.25, -0.2) is 9.97 Å². The van der Waals surface area contributed by atoms with Crippen LogP contribution in [0.2, 0.25) is 0 Å². The van der Waals surface area contributed by atoms with Gasteiger partial charge in [-0.15, -0.1) is 0 Å². The third kappa shape index (κ3) is 2.08. The quantitative estimate of drug-likeness (QED) is 0.835. The smallest absolute Gasteiger partial charge is 0.225 e. The van der Waals surface area contributed by atoms with Crippen LogP contribution in [0.4, 0.5) is 5.95 Å². The van der Waals surface area contributed by atoms with E-state index in [1.54, 1.807) is 12.5 Å². The summed E-state index contributed by atoms with van der Waals surface area (Å²) in [4.78, 5) is 14.1. The van der Waals surface area contributed by atoms with Crippen molar-refractivity contribution in [3.63, 3.8) is 0 Å². The molecule has 2 aromatic heterocycles. The highest BCUT2D eigenvalue weighted by molar-refractivity contribution is 5.60. The zero-order valence-electron chi connectivity index (χ0n) is 11.4. The standard InChI is InChI=1S/C15H18N4O/c1-4-18-5-2-14(1)19(7-6-18)15-16-9-13(10-17-15)12-3-8-20-11-12/h3,8-11,14H,1-2,4-7H2. The summed E-state index contributed by atoms with van der Waals surface area (Å²) in [5.41, 5.74) is 2.03. The predicted molar refractivity (Wildman–Crippen MR) is 76.5 cm³/mol. The van der Waals surface area contributed by atoms with Crippen LogP contribution >= 0.6 is 0 Å². The van der Waals surface area contributed by atoms with Gasteiger partial charge in [0.15, 0.2) is 0 Å². The lowest BCUT2D eigenvalue weighted by molar-refractivity contribution is 0.250. The van der Waals surface area contributed by atoms with Crippen molar-refractivity contribution < 1.29 is 4.42 Å². The van der Waals surface area contributed by atoms with Crippen LogP contribution in [0.25, 0.3) is 11.1 Å². The van der Waals surface area contributed by atoms with E-state index in [9.17, 15) is 0 Å². The van der Waals surface area contributed by atoms with Gasteiger partial charge in [-0.05, 0) is 18.9 Å². The lowest BCUT2D eigenvalue weighted by Crippen LogP contribution is -2.38. The lowest BCUT2D eigenvalue weighted by atomic mass is 10.1. The van der Waals surface area contributed by atoms with Gasteiger partial charge in [0.05, 0.1) is 12.5 Å². The Morgan fingerprint density at radius 2 is 1.80 bits per heavy atom. The van der Waals surface area contributed by atoms with Crippen LogP contribution in [-0.4, -0.2) is 47.1 Å². The molecule has 5 nitrogen and oxygen atoms in total. The Labute approximate surface area is 118 Å². The third-order valence-electron chi connectivity index (χ3n) is 4.40. The Hall–Kier alpha value is -1.88. The highest BCUT2D eigenvalue weighted by atomic mass is 16.3. The molecule has 5 rings (SSSR count). The summed E-state index contributed by atoms with van der Waals surface area (Å²) in [5.74, 6) is 0.867. The van der Waals surface area contributed by atoms with Crippen molar-refractivity contribution in [2.24, 2.45) is 0 Å². The van der Waals surface area contributed by atoms with Crippen molar-refractivity contribution in [3.8, 4) is 11.1 Å². The highest BCUT2D eigenvalue weighted by Gasteiger charge is 2.30. The fourth-order valence-electron chi connectivity index (χ4n) is 3.20. The number of piperidine rings is 1. The summed E-state index contributed by atoms with van der Waals surface area (Å²) in [6.45, 7) is 4.60. The van der Waals surface area contributed by atoms with Crippen molar-refractivity contribution >= 4 is 5.95 Å². The molecule has 0 atom stereocenters. The minimum Gasteiger partial charge on any atom is -0.472 e. The molecule has 3 aliphatic heterocycles. The summed E-state index contributed by atoms with van der Waals surface area (Å²) < 4.78 is 5.10. The maximum atomic E-state index is 5.10. The van der Waals surface area contributed by atoms with Gasteiger partial charge in [0.1, 0.15) is 0 Å². The Kier molecular flexibility index (Phi) is 2.92. The summed E-state index contributed by atoms with van der Waals surface area (Å²) >= 11 is 0. The van der Waals surface area contributed by atoms with Crippen LogP contribution in [0.15, 0.2) is 35.4 Å². The molecule has 3 saturated heterocycles. The van der Waals surface area contributed by atoms with Gasteiger partial charge < -0.3 is 14.2 Å². The second-order valence-corrected chi connectivity index (χ2v) is 5.55. The summed E-state index contributed by atoms with van der Waals surface area (Å²) in [6.07, 6.45) is 9.64. The molecule has 3 fully saturated rings. The molecule has 0 aliphatic carbocycles. The van der Waals surface area contributed by atoms with E-state index in [0.29, 0.717) is 6.04 Å². The number of rotatable bonds is 2. The van der Waals surface area contributed by atoms with E-state index in [0.717, 1.165) is 30.2 Å². The Morgan fingerprint density at radius 1 is 1.00 bits per heavy atom. The molecule has 0 N–H and O–H groups in total. The molecule has 0 spiro atoms. The number of hydrogen-bond acceptors (Lipinski definition) is 5. The van der Waals surface area contributed by atoms with E-state index in [2.05, 4.69) is 19.8 Å². The van der Waals surface area contributed by atoms with Crippen LogP contribution in [0, 0.1) is 0 Å². The molecule has 0 saturated carbocycles. The average Bonchev–Trinajstić information content (AvgIpc) is 2.88. The van der Waals surface area contributed by atoms with E-state index in [-0.39, 0.29) is 0 Å². The fourth-order valence-corrected chi connectivity index (χ4v) is 3.20. The SMILES string of the molecule is c1cc(-c2cnc(N3CCN4CCC3CC4)nc2)co1. The minimum absolute atomic E-state index is 0.605. The van der Waals surface area contributed by atoms with Crippen LogP contribution < -0.4 is 4.90 Å². The Morgan fingerprint density at radius 3 is 2.50 bits per heavy atom. The number of anilines is 1. The second kappa shape index (κ2) is 4.90. The van der Waals surface area contributed by atoms with Crippen LogP contribution in [0.1, 0.15) is 12.8 Å². The molecule has 0 unspecified atom stereocenters. The third-order valence-corrected chi connectivity index (χ3v) is 4.40. The van der Waals surface area contributed by atoms with Crippen LogP contribution in [-0.2, 0) is 0 Å². The number of fused-ring (bicyclic) bond motifs is 4. The van der Waals surface area contributed by atoms with E-state index < -0.39 is 0 Å². The van der Waals surface area contributed by atoms with Crippen molar-refractivity contribution in [1.29, 1.82) is 0 Å². The summed E-state index contributed by atoms with van der Waals surface area (Å²) in [6, 6.07) is 2.53. The second-order valence-electron chi connectivity index (χ2n) is 5.55. The van der Waals surface area contributed by atoms with Gasteiger partial charge in [0.2, 0.25) is 5.95 Å². The van der Waals surface area contributed by atoms with Gasteiger partial charge >= 0.3 is 0 Å². The molecule has 2 bridgehead atoms. The normalized spacial score (nSPS) is 25.7. The molecule has 0 radical (unpaired) electrons. The van der Waals surface area contributed by atoms with E-state index in [4.69, 9.17) is 4.42 Å². The van der Waals surface area contributed by atoms with E-state index >= 15 is 0 Å². The van der Waals surface area contributed by atoms with Crippen LogP contribution in [0.5, 0.6) is 0 Å². The van der Waals surface area contributed by atoms with E-state index in [1.165, 1.54) is 25.9 Å². The first-order valence-electron chi connectivity index (χ1n) is 7.24. The maximum Gasteiger partial charge on any atom is 0.225 e. The lowest BCUT2D eigenvalue weighted by Gasteiger charge is -2.31. The van der Waals surface area contributed by atoms with Gasteiger partial charge in [0, 0.05) is 55.7 Å². The topological polar surface area (TPSA) is 45.4 Å². The first-order valence-corrected chi connectivity index (χ1v) is 7.24. The van der Waals surface area contributed by atoms with Crippen molar-refractivity contribution in [3.05, 3.63) is 31.0 Å². The first kappa shape index (κ1) is 11.9. The molecular weight excluding hydrogens is 252 g/mol. The fraction of sp³-hybridized carbons (Fsp3) is 0.467. The number of nitrogens with zero attached hydrogens (tertiary/aromatic N) is 4. The Balaban J connectivity index is 1.59. The summed E-state index contributed by atoms with van der Waals surface area (Å²) in [5, 5.41) is 0. The number of hydrogen-bond donors (Lipinski definition) is 0. The van der Waals surface area contributed by atoms with E-state index in [1.807, 2.05) is 18.5 Å². The van der Waals surface area contributed by atoms with Gasteiger partial charge in [-0.3, -0.25) is 0 Å². The zero-order valence-corrected chi connectivity index (χ0v) is 11.4. The van der Waals surface area contributed by atoms with Gasteiger partial charge in [0.25, 0.3) is 0 Å². The van der Waals surface area contributed by atoms with Gasteiger partial charge in [-0.2, -0.15) is 0 Å². The zero-order chi connectivity index (χ0) is 13.4. The molecular formula is C15H18N4O. The minimum atomic E-state index is 0.605. The predicted octanol–water partition coefficient (Wildman–Crippen LogP) is 2.02. The molecule has 5 heteroatoms. The molecule has 104 valence electrons. The highest BCUT2D eigenvalue weighted by Crippen LogP contribution is 2.25. The largest absolute Gasteiger partial charge is 0.472 e. The molecule has 0 aromatic carbocycles. The maximum absolute atomic E-state index is 5.10. The monoisotopic (exact) mass is 270 g/mol. The van der Waals surface area contributed by atoms with Crippen LogP contribution in [0.3, 0.4) is 0 Å². The Bertz CT molecular complexity index is 558. The number of furan rings is 1. The molecule has 2 aromatic rings. The van der Waals surface area contributed by atoms with Crippen molar-refractivity contribution in [2.45, 2.75) is 18.9 Å². The molecule has 0 amide bonds. The van der Waals surface area contributed by atoms with Crippen molar-refractivity contribution in [2.75, 3.05) is 31.1 Å². The summed E-state index contributed by atoms with van der Waals surface area (Å²) in [7, 11) is 0. The molecule has 3 aliphatic rings.